The molecule has 7 nitrogen and oxygen atoms in total. The zero-order valence-corrected chi connectivity index (χ0v) is 12.1. The van der Waals surface area contributed by atoms with Crippen molar-refractivity contribution in [2.45, 2.75) is 25.8 Å². The van der Waals surface area contributed by atoms with E-state index in [0.29, 0.717) is 13.0 Å². The molecule has 2 rings (SSSR count). The van der Waals surface area contributed by atoms with Gasteiger partial charge in [-0.05, 0) is 13.8 Å². The molecule has 2 saturated heterocycles. The van der Waals surface area contributed by atoms with E-state index in [1.54, 1.807) is 18.7 Å². The van der Waals surface area contributed by atoms with E-state index < -0.39 is 5.54 Å². The minimum Gasteiger partial charge on any atom is -0.340 e. The van der Waals surface area contributed by atoms with Crippen LogP contribution < -0.4 is 10.6 Å². The quantitative estimate of drug-likeness (QED) is 0.619. The van der Waals surface area contributed by atoms with Gasteiger partial charge in [0.2, 0.25) is 17.7 Å². The van der Waals surface area contributed by atoms with Crippen molar-refractivity contribution in [3.63, 3.8) is 0 Å². The molecule has 3 amide bonds. The first-order valence-corrected chi connectivity index (χ1v) is 6.99. The maximum atomic E-state index is 12.1. The third-order valence-electron chi connectivity index (χ3n) is 4.00. The fourth-order valence-electron chi connectivity index (χ4n) is 2.50. The Balaban J connectivity index is 1.90. The van der Waals surface area contributed by atoms with Gasteiger partial charge in [-0.25, -0.2) is 0 Å². The van der Waals surface area contributed by atoms with Crippen LogP contribution in [0.5, 0.6) is 0 Å². The van der Waals surface area contributed by atoms with Crippen LogP contribution in [0.25, 0.3) is 0 Å². The van der Waals surface area contributed by atoms with Gasteiger partial charge in [0.25, 0.3) is 0 Å². The molecule has 0 radical (unpaired) electrons. The summed E-state index contributed by atoms with van der Waals surface area (Å²) in [5.74, 6) is -0.520. The molecule has 20 heavy (non-hydrogen) atoms. The Kier molecular flexibility index (Phi) is 4.39. The van der Waals surface area contributed by atoms with Crippen LogP contribution in [0.4, 0.5) is 0 Å². The van der Waals surface area contributed by atoms with Crippen LogP contribution in [0.3, 0.4) is 0 Å². The van der Waals surface area contributed by atoms with Crippen molar-refractivity contribution in [2.24, 2.45) is 0 Å². The van der Waals surface area contributed by atoms with E-state index in [0.717, 1.165) is 26.2 Å². The molecule has 0 spiro atoms. The molecule has 0 atom stereocenters. The molecule has 2 aliphatic rings. The smallest absolute Gasteiger partial charge is 0.246 e. The van der Waals surface area contributed by atoms with Crippen LogP contribution in [0.15, 0.2) is 0 Å². The van der Waals surface area contributed by atoms with Crippen LogP contribution >= 0.6 is 0 Å². The summed E-state index contributed by atoms with van der Waals surface area (Å²) in [6.07, 6.45) is 0.337. The lowest BCUT2D eigenvalue weighted by Gasteiger charge is -2.40. The Morgan fingerprint density at radius 1 is 1.25 bits per heavy atom. The first-order valence-electron chi connectivity index (χ1n) is 6.99. The maximum Gasteiger partial charge on any atom is 0.246 e. The van der Waals surface area contributed by atoms with Crippen LogP contribution in [-0.4, -0.2) is 72.3 Å². The lowest BCUT2D eigenvalue weighted by atomic mass is 9.98. The molecule has 0 unspecified atom stereocenters. The van der Waals surface area contributed by atoms with Gasteiger partial charge in [0.05, 0.1) is 12.1 Å². The number of hydrogen-bond acceptors (Lipinski definition) is 5. The zero-order valence-electron chi connectivity index (χ0n) is 12.1. The van der Waals surface area contributed by atoms with Gasteiger partial charge in [-0.15, -0.1) is 0 Å². The standard InChI is InChI=1S/C13H22N4O3/c1-13(2)12(20)15-10(18)9-17(13)6-3-11(19)16-7-4-14-5-8-16/h14H,3-9H2,1-2H3,(H,15,18,20). The Morgan fingerprint density at radius 2 is 1.90 bits per heavy atom. The van der Waals surface area contributed by atoms with Crippen LogP contribution in [0, 0.1) is 0 Å². The van der Waals surface area contributed by atoms with Crippen molar-refractivity contribution in [2.75, 3.05) is 39.3 Å². The van der Waals surface area contributed by atoms with Crippen LogP contribution in [-0.2, 0) is 14.4 Å². The molecule has 2 fully saturated rings. The second-order valence-electron chi connectivity index (χ2n) is 5.74. The average molecular weight is 282 g/mol. The highest BCUT2D eigenvalue weighted by molar-refractivity contribution is 6.02. The average Bonchev–Trinajstić information content (AvgIpc) is 2.42. The molecule has 7 heteroatoms. The van der Waals surface area contributed by atoms with Gasteiger partial charge in [0.1, 0.15) is 0 Å². The first-order chi connectivity index (χ1) is 9.41. The predicted molar refractivity (Wildman–Crippen MR) is 72.9 cm³/mol. The zero-order chi connectivity index (χ0) is 14.8. The number of nitrogens with one attached hydrogen (secondary N) is 2. The fourth-order valence-corrected chi connectivity index (χ4v) is 2.50. The van der Waals surface area contributed by atoms with Gasteiger partial charge < -0.3 is 10.2 Å². The Morgan fingerprint density at radius 3 is 2.55 bits per heavy atom. The summed E-state index contributed by atoms with van der Waals surface area (Å²) in [7, 11) is 0. The summed E-state index contributed by atoms with van der Waals surface area (Å²) < 4.78 is 0. The summed E-state index contributed by atoms with van der Waals surface area (Å²) >= 11 is 0. The summed E-state index contributed by atoms with van der Waals surface area (Å²) in [6, 6.07) is 0. The highest BCUT2D eigenvalue weighted by Crippen LogP contribution is 2.18. The molecule has 0 aromatic heterocycles. The fraction of sp³-hybridized carbons (Fsp3) is 0.769. The third-order valence-corrected chi connectivity index (χ3v) is 4.00. The summed E-state index contributed by atoms with van der Waals surface area (Å²) in [5.41, 5.74) is -0.752. The SMILES string of the molecule is CC1(C)C(=O)NC(=O)CN1CCC(=O)N1CCNCC1. The molecular formula is C13H22N4O3. The van der Waals surface area contributed by atoms with Gasteiger partial charge in [-0.3, -0.25) is 24.6 Å². The van der Waals surface area contributed by atoms with Crippen molar-refractivity contribution >= 4 is 17.7 Å². The molecule has 112 valence electrons. The van der Waals surface area contributed by atoms with E-state index in [2.05, 4.69) is 10.6 Å². The number of carbonyl (C=O) groups excluding carboxylic acids is 3. The second-order valence-corrected chi connectivity index (χ2v) is 5.74. The van der Waals surface area contributed by atoms with Gasteiger partial charge >= 0.3 is 0 Å². The van der Waals surface area contributed by atoms with Crippen LogP contribution in [0.1, 0.15) is 20.3 Å². The van der Waals surface area contributed by atoms with E-state index in [-0.39, 0.29) is 24.3 Å². The molecule has 0 bridgehead atoms. The van der Waals surface area contributed by atoms with Gasteiger partial charge in [0.15, 0.2) is 0 Å². The van der Waals surface area contributed by atoms with Crippen molar-refractivity contribution in [3.05, 3.63) is 0 Å². The lowest BCUT2D eigenvalue weighted by molar-refractivity contribution is -0.146. The van der Waals surface area contributed by atoms with E-state index in [1.165, 1.54) is 0 Å². The normalized spacial score (nSPS) is 23.6. The number of hydrogen-bond donors (Lipinski definition) is 2. The maximum absolute atomic E-state index is 12.1. The number of piperazine rings is 2. The summed E-state index contributed by atoms with van der Waals surface area (Å²) in [4.78, 5) is 38.9. The Hall–Kier alpha value is -1.47. The van der Waals surface area contributed by atoms with Gasteiger partial charge in [-0.1, -0.05) is 0 Å². The highest BCUT2D eigenvalue weighted by atomic mass is 16.2. The highest BCUT2D eigenvalue weighted by Gasteiger charge is 2.40. The number of amides is 3. The summed E-state index contributed by atoms with van der Waals surface area (Å²) in [6.45, 7) is 7.21. The number of imide groups is 1. The molecule has 0 aromatic rings. The molecule has 0 saturated carbocycles. The second kappa shape index (κ2) is 5.88. The minimum atomic E-state index is -0.752. The van der Waals surface area contributed by atoms with E-state index >= 15 is 0 Å². The minimum absolute atomic E-state index is 0.0840. The number of carbonyl (C=O) groups is 3. The molecule has 2 aliphatic heterocycles. The number of nitrogens with zero attached hydrogens (tertiary/aromatic N) is 2. The molecule has 2 N–H and O–H groups in total. The van der Waals surface area contributed by atoms with Gasteiger partial charge in [0, 0.05) is 39.1 Å². The largest absolute Gasteiger partial charge is 0.340 e. The Labute approximate surface area is 118 Å². The lowest BCUT2D eigenvalue weighted by Crippen LogP contribution is -2.64. The van der Waals surface area contributed by atoms with E-state index in [1.807, 2.05) is 4.90 Å². The van der Waals surface area contributed by atoms with Crippen molar-refractivity contribution in [1.29, 1.82) is 0 Å². The third kappa shape index (κ3) is 3.16. The predicted octanol–water partition coefficient (Wildman–Crippen LogP) is -1.45. The van der Waals surface area contributed by atoms with E-state index in [9.17, 15) is 14.4 Å². The van der Waals surface area contributed by atoms with Crippen molar-refractivity contribution < 1.29 is 14.4 Å². The topological polar surface area (TPSA) is 81.8 Å². The van der Waals surface area contributed by atoms with Gasteiger partial charge in [-0.2, -0.15) is 0 Å². The van der Waals surface area contributed by atoms with Crippen molar-refractivity contribution in [1.82, 2.24) is 20.4 Å². The summed E-state index contributed by atoms with van der Waals surface area (Å²) in [5, 5.41) is 5.53. The molecule has 2 heterocycles. The molecule has 0 aliphatic carbocycles. The molecular weight excluding hydrogens is 260 g/mol. The first kappa shape index (κ1) is 14.9. The Bertz CT molecular complexity index is 416. The van der Waals surface area contributed by atoms with E-state index in [4.69, 9.17) is 0 Å². The monoisotopic (exact) mass is 282 g/mol. The van der Waals surface area contributed by atoms with Crippen molar-refractivity contribution in [3.8, 4) is 0 Å². The molecule has 0 aromatic carbocycles. The van der Waals surface area contributed by atoms with Crippen LogP contribution in [0.2, 0.25) is 0 Å². The number of rotatable bonds is 3.